The van der Waals surface area contributed by atoms with Gasteiger partial charge in [-0.15, -0.1) is 0 Å². The number of halogens is 2. The van der Waals surface area contributed by atoms with E-state index < -0.39 is 0 Å². The third-order valence-electron chi connectivity index (χ3n) is 4.68. The Labute approximate surface area is 205 Å². The standard InChI is InChI=1S/C24H17Cl2NO3S2/c1-29-20-10-15(11-21-23(28)27-24(31)32-21)9-18(17-12-16(25)7-8-19(17)26)22(20)30-13-14-5-3-2-4-6-14/h2-12H,13H2,1H3,(H,27,28,31)/b21-11-. The van der Waals surface area contributed by atoms with Crippen molar-refractivity contribution < 1.29 is 14.3 Å². The highest BCUT2D eigenvalue weighted by atomic mass is 35.5. The van der Waals surface area contributed by atoms with Crippen LogP contribution >= 0.6 is 47.2 Å². The van der Waals surface area contributed by atoms with Gasteiger partial charge < -0.3 is 14.8 Å². The van der Waals surface area contributed by atoms with Crippen LogP contribution in [0.3, 0.4) is 0 Å². The van der Waals surface area contributed by atoms with Gasteiger partial charge in [0.25, 0.3) is 5.91 Å². The minimum absolute atomic E-state index is 0.231. The van der Waals surface area contributed by atoms with Crippen LogP contribution < -0.4 is 14.8 Å². The summed E-state index contributed by atoms with van der Waals surface area (Å²) >= 11 is 19.1. The van der Waals surface area contributed by atoms with Gasteiger partial charge in [0.05, 0.1) is 12.0 Å². The molecule has 0 spiro atoms. The van der Waals surface area contributed by atoms with E-state index in [0.29, 0.717) is 48.5 Å². The van der Waals surface area contributed by atoms with Gasteiger partial charge in [-0.05, 0) is 47.5 Å². The minimum Gasteiger partial charge on any atom is -0.493 e. The molecule has 162 valence electrons. The van der Waals surface area contributed by atoms with E-state index >= 15 is 0 Å². The molecule has 0 aliphatic carbocycles. The van der Waals surface area contributed by atoms with Crippen LogP contribution in [0.2, 0.25) is 10.0 Å². The van der Waals surface area contributed by atoms with Crippen LogP contribution in [0.25, 0.3) is 17.2 Å². The molecule has 0 radical (unpaired) electrons. The molecule has 1 N–H and O–H groups in total. The fraction of sp³-hybridized carbons (Fsp3) is 0.0833. The zero-order valence-electron chi connectivity index (χ0n) is 16.9. The van der Waals surface area contributed by atoms with Crippen molar-refractivity contribution in [3.8, 4) is 22.6 Å². The monoisotopic (exact) mass is 501 g/mol. The first-order valence-electron chi connectivity index (χ1n) is 9.53. The maximum atomic E-state index is 12.1. The van der Waals surface area contributed by atoms with Crippen LogP contribution in [0.4, 0.5) is 0 Å². The van der Waals surface area contributed by atoms with Gasteiger partial charge in [0.2, 0.25) is 0 Å². The van der Waals surface area contributed by atoms with Crippen molar-refractivity contribution in [1.29, 1.82) is 0 Å². The number of ether oxygens (including phenoxy) is 2. The molecule has 4 rings (SSSR count). The van der Waals surface area contributed by atoms with Gasteiger partial charge >= 0.3 is 0 Å². The summed E-state index contributed by atoms with van der Waals surface area (Å²) in [7, 11) is 1.57. The second-order valence-corrected chi connectivity index (χ2v) is 9.41. The largest absolute Gasteiger partial charge is 0.493 e. The number of thiocarbonyl (C=S) groups is 1. The molecule has 1 amide bonds. The quantitative estimate of drug-likeness (QED) is 0.299. The Morgan fingerprint density at radius 3 is 2.53 bits per heavy atom. The molecule has 32 heavy (non-hydrogen) atoms. The molecule has 3 aromatic rings. The van der Waals surface area contributed by atoms with E-state index in [0.717, 1.165) is 11.1 Å². The molecular formula is C24H17Cl2NO3S2. The Kier molecular flexibility index (Phi) is 7.06. The van der Waals surface area contributed by atoms with Crippen LogP contribution in [0.5, 0.6) is 11.5 Å². The summed E-state index contributed by atoms with van der Waals surface area (Å²) in [5.74, 6) is 0.805. The molecular weight excluding hydrogens is 485 g/mol. The third kappa shape index (κ3) is 5.10. The maximum Gasteiger partial charge on any atom is 0.263 e. The summed E-state index contributed by atoms with van der Waals surface area (Å²) in [6.45, 7) is 0.343. The van der Waals surface area contributed by atoms with Gasteiger partial charge in [0.1, 0.15) is 10.9 Å². The second kappa shape index (κ2) is 9.96. The summed E-state index contributed by atoms with van der Waals surface area (Å²) in [5.41, 5.74) is 3.14. The number of methoxy groups -OCH3 is 1. The first-order chi connectivity index (χ1) is 15.4. The Morgan fingerprint density at radius 1 is 1.06 bits per heavy atom. The van der Waals surface area contributed by atoms with Crippen LogP contribution in [-0.2, 0) is 11.4 Å². The SMILES string of the molecule is COc1cc(/C=C2\SC(=S)NC2=O)cc(-c2cc(Cl)ccc2Cl)c1OCc1ccccc1. The zero-order chi connectivity index (χ0) is 22.7. The summed E-state index contributed by atoms with van der Waals surface area (Å²) < 4.78 is 12.3. The number of benzene rings is 3. The molecule has 0 bridgehead atoms. The van der Waals surface area contributed by atoms with E-state index in [9.17, 15) is 4.79 Å². The molecule has 0 saturated carbocycles. The summed E-state index contributed by atoms with van der Waals surface area (Å²) in [6.07, 6.45) is 1.75. The molecule has 1 saturated heterocycles. The van der Waals surface area contributed by atoms with Crippen LogP contribution in [0.1, 0.15) is 11.1 Å². The predicted octanol–water partition coefficient (Wildman–Crippen LogP) is 6.74. The summed E-state index contributed by atoms with van der Waals surface area (Å²) in [5, 5.41) is 3.67. The lowest BCUT2D eigenvalue weighted by Gasteiger charge is -2.18. The normalized spacial score (nSPS) is 14.5. The number of amides is 1. The second-order valence-electron chi connectivity index (χ2n) is 6.85. The van der Waals surface area contributed by atoms with E-state index in [1.54, 1.807) is 31.4 Å². The van der Waals surface area contributed by atoms with Gasteiger partial charge in [-0.3, -0.25) is 4.79 Å². The van der Waals surface area contributed by atoms with Crippen molar-refractivity contribution in [1.82, 2.24) is 5.32 Å². The van der Waals surface area contributed by atoms with Gasteiger partial charge in [-0.2, -0.15) is 0 Å². The molecule has 0 atom stereocenters. The van der Waals surface area contributed by atoms with Crippen molar-refractivity contribution >= 4 is 63.5 Å². The van der Waals surface area contributed by atoms with E-state index in [-0.39, 0.29) is 5.91 Å². The fourth-order valence-electron chi connectivity index (χ4n) is 3.21. The number of hydrogen-bond acceptors (Lipinski definition) is 5. The Morgan fingerprint density at radius 2 is 1.84 bits per heavy atom. The number of carbonyl (C=O) groups excluding carboxylic acids is 1. The molecule has 0 aromatic heterocycles. The highest BCUT2D eigenvalue weighted by molar-refractivity contribution is 8.26. The molecule has 0 unspecified atom stereocenters. The molecule has 1 aliphatic heterocycles. The first kappa shape index (κ1) is 22.7. The fourth-order valence-corrected chi connectivity index (χ4v) is 4.65. The van der Waals surface area contributed by atoms with Gasteiger partial charge in [0, 0.05) is 21.2 Å². The van der Waals surface area contributed by atoms with Crippen LogP contribution in [-0.4, -0.2) is 17.3 Å². The van der Waals surface area contributed by atoms with Gasteiger partial charge in [-0.25, -0.2) is 0 Å². The van der Waals surface area contributed by atoms with Crippen LogP contribution in [0.15, 0.2) is 65.6 Å². The highest BCUT2D eigenvalue weighted by Gasteiger charge is 2.23. The molecule has 4 nitrogen and oxygen atoms in total. The van der Waals surface area contributed by atoms with Crippen molar-refractivity contribution in [3.63, 3.8) is 0 Å². The summed E-state index contributed by atoms with van der Waals surface area (Å²) in [6, 6.07) is 18.8. The van der Waals surface area contributed by atoms with Crippen molar-refractivity contribution in [2.24, 2.45) is 0 Å². The molecule has 1 aliphatic rings. The number of nitrogens with one attached hydrogen (secondary N) is 1. The number of rotatable bonds is 6. The predicted molar refractivity (Wildman–Crippen MR) is 136 cm³/mol. The van der Waals surface area contributed by atoms with Crippen molar-refractivity contribution in [2.45, 2.75) is 6.61 Å². The Bertz CT molecular complexity index is 1230. The summed E-state index contributed by atoms with van der Waals surface area (Å²) in [4.78, 5) is 12.6. The Balaban J connectivity index is 1.84. The third-order valence-corrected chi connectivity index (χ3v) is 6.41. The number of carbonyl (C=O) groups is 1. The van der Waals surface area contributed by atoms with Gasteiger partial charge in [0.15, 0.2) is 11.5 Å². The topological polar surface area (TPSA) is 47.6 Å². The first-order valence-corrected chi connectivity index (χ1v) is 11.5. The average Bonchev–Trinajstić information content (AvgIpc) is 3.11. The van der Waals surface area contributed by atoms with E-state index in [4.69, 9.17) is 44.9 Å². The van der Waals surface area contributed by atoms with E-state index in [2.05, 4.69) is 5.32 Å². The van der Waals surface area contributed by atoms with E-state index in [1.807, 2.05) is 42.5 Å². The van der Waals surface area contributed by atoms with Crippen molar-refractivity contribution in [2.75, 3.05) is 7.11 Å². The van der Waals surface area contributed by atoms with Gasteiger partial charge in [-0.1, -0.05) is 77.5 Å². The molecule has 1 heterocycles. The number of thioether (sulfide) groups is 1. The van der Waals surface area contributed by atoms with E-state index in [1.165, 1.54) is 11.8 Å². The molecule has 3 aromatic carbocycles. The lowest BCUT2D eigenvalue weighted by Crippen LogP contribution is -2.17. The lowest BCUT2D eigenvalue weighted by atomic mass is 10.0. The molecule has 8 heteroatoms. The average molecular weight is 502 g/mol. The van der Waals surface area contributed by atoms with Crippen molar-refractivity contribution in [3.05, 3.63) is 86.7 Å². The zero-order valence-corrected chi connectivity index (χ0v) is 20.0. The smallest absolute Gasteiger partial charge is 0.263 e. The van der Waals surface area contributed by atoms with Crippen LogP contribution in [0, 0.1) is 0 Å². The lowest BCUT2D eigenvalue weighted by molar-refractivity contribution is -0.115. The number of hydrogen-bond donors (Lipinski definition) is 1. The maximum absolute atomic E-state index is 12.1. The molecule has 1 fully saturated rings. The Hall–Kier alpha value is -2.51. The minimum atomic E-state index is -0.231. The highest BCUT2D eigenvalue weighted by Crippen LogP contribution is 2.44.